The maximum atomic E-state index is 9.70. The second-order valence-corrected chi connectivity index (χ2v) is 4.72. The van der Waals surface area contributed by atoms with Gasteiger partial charge in [-0.15, -0.1) is 0 Å². The van der Waals surface area contributed by atoms with E-state index in [0.717, 1.165) is 23.3 Å². The van der Waals surface area contributed by atoms with Gasteiger partial charge in [0.05, 0.1) is 19.3 Å². The van der Waals surface area contributed by atoms with Crippen LogP contribution in [-0.4, -0.2) is 24.9 Å². The molecule has 0 aromatic heterocycles. The molecule has 2 atom stereocenters. The highest BCUT2D eigenvalue weighted by molar-refractivity contribution is 5.42. The Kier molecular flexibility index (Phi) is 3.69. The normalized spacial score (nSPS) is 24.7. The molecule has 0 amide bonds. The number of methoxy groups -OCH3 is 1. The summed E-state index contributed by atoms with van der Waals surface area (Å²) in [6.45, 7) is 4.72. The third-order valence-electron chi connectivity index (χ3n) is 3.39. The molecule has 1 heterocycles. The van der Waals surface area contributed by atoms with E-state index in [4.69, 9.17) is 9.47 Å². The van der Waals surface area contributed by atoms with Gasteiger partial charge in [-0.2, -0.15) is 0 Å². The third-order valence-corrected chi connectivity index (χ3v) is 3.39. The number of benzene rings is 1. The van der Waals surface area contributed by atoms with E-state index in [-0.39, 0.29) is 12.2 Å². The molecule has 1 aromatic carbocycles. The Morgan fingerprint density at radius 1 is 1.29 bits per heavy atom. The lowest BCUT2D eigenvalue weighted by Gasteiger charge is -2.28. The summed E-state index contributed by atoms with van der Waals surface area (Å²) in [5.41, 5.74) is 3.44. The average molecular weight is 236 g/mol. The molecule has 1 saturated heterocycles. The highest BCUT2D eigenvalue weighted by atomic mass is 16.5. The first-order valence-corrected chi connectivity index (χ1v) is 6.06. The zero-order chi connectivity index (χ0) is 12.4. The van der Waals surface area contributed by atoms with Crippen LogP contribution < -0.4 is 4.74 Å². The fraction of sp³-hybridized carbons (Fsp3) is 0.571. The van der Waals surface area contributed by atoms with Crippen molar-refractivity contribution in [2.45, 2.75) is 38.9 Å². The fourth-order valence-corrected chi connectivity index (χ4v) is 2.37. The summed E-state index contributed by atoms with van der Waals surface area (Å²) in [7, 11) is 1.68. The van der Waals surface area contributed by atoms with E-state index in [1.165, 1.54) is 5.56 Å². The monoisotopic (exact) mass is 236 g/mol. The fourth-order valence-electron chi connectivity index (χ4n) is 2.37. The molecule has 0 aliphatic carbocycles. The summed E-state index contributed by atoms with van der Waals surface area (Å²) in [5, 5.41) is 9.70. The highest BCUT2D eigenvalue weighted by Gasteiger charge is 2.24. The molecule has 1 aliphatic rings. The van der Waals surface area contributed by atoms with Crippen LogP contribution in [0.15, 0.2) is 12.1 Å². The molecule has 0 saturated carbocycles. The molecule has 2 rings (SSSR count). The van der Waals surface area contributed by atoms with Gasteiger partial charge in [0.25, 0.3) is 0 Å². The van der Waals surface area contributed by atoms with Gasteiger partial charge in [-0.3, -0.25) is 0 Å². The number of aryl methyl sites for hydroxylation is 2. The molecule has 1 aromatic rings. The SMILES string of the molecule is COc1cc(C)c(C2CC(O)CCO2)cc1C. The van der Waals surface area contributed by atoms with Gasteiger partial charge in [0.15, 0.2) is 0 Å². The lowest BCUT2D eigenvalue weighted by molar-refractivity contribution is -0.0450. The maximum Gasteiger partial charge on any atom is 0.122 e. The van der Waals surface area contributed by atoms with E-state index in [1.54, 1.807) is 7.11 Å². The van der Waals surface area contributed by atoms with Gasteiger partial charge >= 0.3 is 0 Å². The Bertz CT molecular complexity index is 401. The molecule has 3 nitrogen and oxygen atoms in total. The maximum absolute atomic E-state index is 9.70. The Hall–Kier alpha value is -1.06. The number of rotatable bonds is 2. The van der Waals surface area contributed by atoms with E-state index in [9.17, 15) is 5.11 Å². The molecule has 1 fully saturated rings. The quantitative estimate of drug-likeness (QED) is 0.857. The summed E-state index contributed by atoms with van der Waals surface area (Å²) in [6.07, 6.45) is 1.20. The zero-order valence-electron chi connectivity index (χ0n) is 10.7. The van der Waals surface area contributed by atoms with E-state index < -0.39 is 0 Å². The lowest BCUT2D eigenvalue weighted by Crippen LogP contribution is -2.24. The first kappa shape index (κ1) is 12.4. The lowest BCUT2D eigenvalue weighted by atomic mass is 9.94. The van der Waals surface area contributed by atoms with E-state index >= 15 is 0 Å². The van der Waals surface area contributed by atoms with Crippen LogP contribution in [0.4, 0.5) is 0 Å². The first-order valence-electron chi connectivity index (χ1n) is 6.06. The Balaban J connectivity index is 2.28. The van der Waals surface area contributed by atoms with Gasteiger partial charge in [0, 0.05) is 13.0 Å². The van der Waals surface area contributed by atoms with Gasteiger partial charge in [0.2, 0.25) is 0 Å². The zero-order valence-corrected chi connectivity index (χ0v) is 10.7. The number of hydrogen-bond donors (Lipinski definition) is 1. The molecule has 17 heavy (non-hydrogen) atoms. The van der Waals surface area contributed by atoms with Crippen LogP contribution in [-0.2, 0) is 4.74 Å². The van der Waals surface area contributed by atoms with Gasteiger partial charge in [-0.25, -0.2) is 0 Å². The summed E-state index contributed by atoms with van der Waals surface area (Å²) in [4.78, 5) is 0. The molecule has 3 heteroatoms. The predicted octanol–water partition coefficient (Wildman–Crippen LogP) is 2.52. The van der Waals surface area contributed by atoms with Crippen molar-refractivity contribution in [1.82, 2.24) is 0 Å². The molecule has 0 spiro atoms. The minimum Gasteiger partial charge on any atom is -0.496 e. The Morgan fingerprint density at radius 2 is 2.06 bits per heavy atom. The van der Waals surface area contributed by atoms with Crippen LogP contribution in [0.2, 0.25) is 0 Å². The summed E-state index contributed by atoms with van der Waals surface area (Å²) in [5.74, 6) is 0.905. The first-order chi connectivity index (χ1) is 8.11. The smallest absolute Gasteiger partial charge is 0.122 e. The molecular formula is C14H20O3. The average Bonchev–Trinajstić information content (AvgIpc) is 2.31. The van der Waals surface area contributed by atoms with Crippen molar-refractivity contribution < 1.29 is 14.6 Å². The van der Waals surface area contributed by atoms with Crippen LogP contribution in [0.3, 0.4) is 0 Å². The number of ether oxygens (including phenoxy) is 2. The van der Waals surface area contributed by atoms with E-state index in [1.807, 2.05) is 13.0 Å². The van der Waals surface area contributed by atoms with Gasteiger partial charge in [0.1, 0.15) is 5.75 Å². The minimum absolute atomic E-state index is 0.0170. The molecule has 0 bridgehead atoms. The molecule has 1 aliphatic heterocycles. The standard InChI is InChI=1S/C14H20O3/c1-9-7-13(16-3)10(2)6-12(9)14-8-11(15)4-5-17-14/h6-7,11,14-15H,4-5,8H2,1-3H3. The van der Waals surface area contributed by atoms with Crippen molar-refractivity contribution in [1.29, 1.82) is 0 Å². The third kappa shape index (κ3) is 2.61. The van der Waals surface area contributed by atoms with Crippen LogP contribution >= 0.6 is 0 Å². The number of hydrogen-bond acceptors (Lipinski definition) is 3. The number of aliphatic hydroxyl groups is 1. The predicted molar refractivity (Wildman–Crippen MR) is 66.4 cm³/mol. The second-order valence-electron chi connectivity index (χ2n) is 4.72. The van der Waals surface area contributed by atoms with Gasteiger partial charge in [-0.1, -0.05) is 0 Å². The van der Waals surface area contributed by atoms with Crippen molar-refractivity contribution in [3.63, 3.8) is 0 Å². The van der Waals surface area contributed by atoms with Crippen molar-refractivity contribution in [3.05, 3.63) is 28.8 Å². The topological polar surface area (TPSA) is 38.7 Å². The van der Waals surface area contributed by atoms with Crippen molar-refractivity contribution in [2.75, 3.05) is 13.7 Å². The van der Waals surface area contributed by atoms with Crippen molar-refractivity contribution in [2.24, 2.45) is 0 Å². The number of aliphatic hydroxyl groups excluding tert-OH is 1. The largest absolute Gasteiger partial charge is 0.496 e. The van der Waals surface area contributed by atoms with Crippen molar-refractivity contribution in [3.8, 4) is 5.75 Å². The van der Waals surface area contributed by atoms with Crippen LogP contribution in [0, 0.1) is 13.8 Å². The van der Waals surface area contributed by atoms with Crippen LogP contribution in [0.25, 0.3) is 0 Å². The van der Waals surface area contributed by atoms with Gasteiger partial charge in [-0.05, 0) is 49.1 Å². The van der Waals surface area contributed by atoms with E-state index in [2.05, 4.69) is 13.0 Å². The Labute approximate surface area is 102 Å². The molecule has 94 valence electrons. The minimum atomic E-state index is -0.240. The summed E-state index contributed by atoms with van der Waals surface area (Å²) in [6, 6.07) is 4.14. The summed E-state index contributed by atoms with van der Waals surface area (Å²) >= 11 is 0. The molecule has 1 N–H and O–H groups in total. The second kappa shape index (κ2) is 5.07. The molecule has 2 unspecified atom stereocenters. The van der Waals surface area contributed by atoms with Crippen LogP contribution in [0.5, 0.6) is 5.75 Å². The van der Waals surface area contributed by atoms with Crippen molar-refractivity contribution >= 4 is 0 Å². The van der Waals surface area contributed by atoms with Gasteiger partial charge < -0.3 is 14.6 Å². The summed E-state index contributed by atoms with van der Waals surface area (Å²) < 4.78 is 11.0. The molecule has 0 radical (unpaired) electrons. The van der Waals surface area contributed by atoms with E-state index in [0.29, 0.717) is 13.0 Å². The Morgan fingerprint density at radius 3 is 2.71 bits per heavy atom. The highest BCUT2D eigenvalue weighted by Crippen LogP contribution is 2.33. The van der Waals surface area contributed by atoms with Crippen LogP contribution in [0.1, 0.15) is 35.6 Å². The molecular weight excluding hydrogens is 216 g/mol.